The van der Waals surface area contributed by atoms with E-state index in [1.165, 1.54) is 48.5 Å². The number of anilines is 1. The Hall–Kier alpha value is -3.58. The zero-order valence-electron chi connectivity index (χ0n) is 23.4. The fourth-order valence-corrected chi connectivity index (χ4v) is 8.01. The third-order valence-electron chi connectivity index (χ3n) is 6.86. The summed E-state index contributed by atoms with van der Waals surface area (Å²) in [6.07, 6.45) is -2.70. The second-order valence-electron chi connectivity index (χ2n) is 9.83. The summed E-state index contributed by atoms with van der Waals surface area (Å²) in [5, 5.41) is 24.1. The second-order valence-corrected chi connectivity index (χ2v) is 14.3. The number of aliphatic hydroxyl groups excluding tert-OH is 1. The van der Waals surface area contributed by atoms with Crippen molar-refractivity contribution in [1.82, 2.24) is 19.5 Å². The van der Waals surface area contributed by atoms with Gasteiger partial charge >= 0.3 is 23.5 Å². The average Bonchev–Trinajstić information content (AvgIpc) is 3.53. The van der Waals surface area contributed by atoms with E-state index in [0.717, 1.165) is 17.2 Å². The number of hydrogen-bond acceptors (Lipinski definition) is 15. The minimum absolute atomic E-state index is 0.114. The van der Waals surface area contributed by atoms with E-state index in [0.29, 0.717) is 0 Å². The molecule has 8 N–H and O–H groups in total. The number of fused-ring (bicyclic) bond motifs is 1. The van der Waals surface area contributed by atoms with Crippen LogP contribution >= 0.6 is 23.5 Å². The molecule has 1 saturated heterocycles. The number of nitrogen functional groups attached to an aromatic ring is 1. The summed E-state index contributed by atoms with van der Waals surface area (Å²) in [5.74, 6) is -2.61. The first-order chi connectivity index (χ1) is 21.9. The van der Waals surface area contributed by atoms with Crippen LogP contribution in [-0.2, 0) is 37.3 Å². The Morgan fingerprint density at radius 1 is 0.872 bits per heavy atom. The predicted molar refractivity (Wildman–Crippen MR) is 155 cm³/mol. The highest BCUT2D eigenvalue weighted by Gasteiger charge is 2.74. The third-order valence-corrected chi connectivity index (χ3v) is 10.7. The van der Waals surface area contributed by atoms with Crippen LogP contribution in [0.2, 0.25) is 0 Å². The van der Waals surface area contributed by atoms with Crippen molar-refractivity contribution in [3.05, 3.63) is 84.4 Å². The van der Waals surface area contributed by atoms with Crippen molar-refractivity contribution in [2.45, 2.75) is 23.5 Å². The third kappa shape index (κ3) is 6.48. The van der Waals surface area contributed by atoms with Gasteiger partial charge in [0.2, 0.25) is 17.2 Å². The van der Waals surface area contributed by atoms with Gasteiger partial charge in [0.25, 0.3) is 5.72 Å². The lowest BCUT2D eigenvalue weighted by Crippen LogP contribution is -2.66. The maximum absolute atomic E-state index is 14.6. The number of ketones is 2. The molecular weight excluding hydrogens is 691 g/mol. The number of nitrogens with two attached hydrogens (primary N) is 1. The molecule has 20 nitrogen and oxygen atoms in total. The number of nitrogens with zero attached hydrogens (tertiary/aromatic N) is 4. The Labute approximate surface area is 262 Å². The van der Waals surface area contributed by atoms with Gasteiger partial charge < -0.3 is 40.3 Å². The summed E-state index contributed by atoms with van der Waals surface area (Å²) in [7, 11) is -17.5. The molecule has 1 aliphatic heterocycles. The average molecular weight is 715 g/mol. The van der Waals surface area contributed by atoms with E-state index in [4.69, 9.17) is 20.3 Å². The summed E-state index contributed by atoms with van der Waals surface area (Å²) in [4.78, 5) is 77.9. The molecule has 2 aromatic heterocycles. The molecule has 0 amide bonds. The summed E-state index contributed by atoms with van der Waals surface area (Å²) >= 11 is 0. The quantitative estimate of drug-likeness (QED) is 0.0782. The molecule has 0 bridgehead atoms. The molecule has 23 heteroatoms. The topological polar surface area (TPSA) is 313 Å². The number of ether oxygens (including phenoxy) is 1. The molecule has 3 heterocycles. The number of imidazole rings is 1. The van der Waals surface area contributed by atoms with Gasteiger partial charge in [-0.3, -0.25) is 18.7 Å². The SMILES string of the molecule is Nc1ncnc2c1ncn2[C@]1(C(=O)c2ccccc2)O[C@H](COP(=O)(O)OP(=O)(O)OP(=O)(O)O)[C@@H](O)[C@]1(O)C(=O)c1ccccc1. The van der Waals surface area contributed by atoms with Crippen molar-refractivity contribution in [3.63, 3.8) is 0 Å². The molecule has 2 unspecified atom stereocenters. The Morgan fingerprint density at radius 3 is 2.02 bits per heavy atom. The number of benzene rings is 2. The van der Waals surface area contributed by atoms with Crippen LogP contribution in [0.4, 0.5) is 5.82 Å². The largest absolute Gasteiger partial charge is 0.490 e. The van der Waals surface area contributed by atoms with Crippen molar-refractivity contribution in [2.24, 2.45) is 0 Å². The molecule has 47 heavy (non-hydrogen) atoms. The van der Waals surface area contributed by atoms with E-state index in [2.05, 4.69) is 28.1 Å². The summed E-state index contributed by atoms with van der Waals surface area (Å²) in [6.45, 7) is -1.36. The van der Waals surface area contributed by atoms with Gasteiger partial charge in [-0.15, -0.1) is 0 Å². The summed E-state index contributed by atoms with van der Waals surface area (Å²) in [6, 6.07) is 14.0. The van der Waals surface area contributed by atoms with Crippen LogP contribution in [-0.4, -0.2) is 85.3 Å². The van der Waals surface area contributed by atoms with Crippen molar-refractivity contribution in [2.75, 3.05) is 12.3 Å². The number of phosphoric acid groups is 3. The molecule has 0 radical (unpaired) electrons. The smallest absolute Gasteiger partial charge is 0.387 e. The zero-order valence-corrected chi connectivity index (χ0v) is 26.0. The van der Waals surface area contributed by atoms with Crippen molar-refractivity contribution < 1.29 is 71.0 Å². The lowest BCUT2D eigenvalue weighted by atomic mass is 9.76. The molecule has 250 valence electrons. The number of rotatable bonds is 12. The molecule has 2 aromatic carbocycles. The highest BCUT2D eigenvalue weighted by atomic mass is 31.3. The van der Waals surface area contributed by atoms with E-state index in [9.17, 15) is 43.3 Å². The number of carbonyl (C=O) groups is 2. The van der Waals surface area contributed by atoms with E-state index < -0.39 is 65.2 Å². The Bertz CT molecular complexity index is 1980. The number of Topliss-reactive ketones (excluding diaryl/α,β-unsaturated/α-hetero) is 2. The van der Waals surface area contributed by atoms with Gasteiger partial charge in [-0.05, 0) is 0 Å². The monoisotopic (exact) mass is 715 g/mol. The fourth-order valence-electron chi connectivity index (χ4n) is 4.98. The molecule has 0 spiro atoms. The Balaban J connectivity index is 1.67. The summed E-state index contributed by atoms with van der Waals surface area (Å²) < 4.78 is 54.2. The van der Waals surface area contributed by atoms with E-state index >= 15 is 0 Å². The number of phosphoric ester groups is 1. The molecule has 1 fully saturated rings. The van der Waals surface area contributed by atoms with Crippen LogP contribution in [0.5, 0.6) is 0 Å². The van der Waals surface area contributed by atoms with Crippen molar-refractivity contribution >= 4 is 52.0 Å². The lowest BCUT2D eigenvalue weighted by molar-refractivity contribution is -0.140. The highest BCUT2D eigenvalue weighted by Crippen LogP contribution is 2.66. The zero-order chi connectivity index (χ0) is 34.4. The first-order valence-corrected chi connectivity index (χ1v) is 17.4. The molecule has 4 aromatic rings. The van der Waals surface area contributed by atoms with Gasteiger partial charge in [0.05, 0.1) is 6.61 Å². The van der Waals surface area contributed by atoms with Crippen molar-refractivity contribution in [1.29, 1.82) is 0 Å². The predicted octanol–water partition coefficient (Wildman–Crippen LogP) is 0.661. The Morgan fingerprint density at radius 2 is 1.45 bits per heavy atom. The van der Waals surface area contributed by atoms with Gasteiger partial charge in [0, 0.05) is 11.1 Å². The second kappa shape index (κ2) is 12.5. The van der Waals surface area contributed by atoms with Gasteiger partial charge in [0.15, 0.2) is 11.5 Å². The first kappa shape index (κ1) is 34.7. The molecular formula is C24H24N5O15P3. The number of carbonyl (C=O) groups excluding carboxylic acids is 2. The van der Waals surface area contributed by atoms with Gasteiger partial charge in [-0.25, -0.2) is 28.6 Å². The molecule has 1 aliphatic rings. The van der Waals surface area contributed by atoms with E-state index in [-0.39, 0.29) is 28.1 Å². The molecule has 0 aliphatic carbocycles. The van der Waals surface area contributed by atoms with Gasteiger partial charge in [-0.2, -0.15) is 8.62 Å². The lowest BCUT2D eigenvalue weighted by Gasteiger charge is -2.40. The van der Waals surface area contributed by atoms with Gasteiger partial charge in [-0.1, -0.05) is 60.7 Å². The highest BCUT2D eigenvalue weighted by molar-refractivity contribution is 7.66. The van der Waals surface area contributed by atoms with Gasteiger partial charge in [0.1, 0.15) is 30.4 Å². The van der Waals surface area contributed by atoms with Crippen LogP contribution in [0, 0.1) is 0 Å². The maximum atomic E-state index is 14.6. The standard InChI is InChI=1S/C24H24N5O15P3/c25-21-17-22(27-12-26-21)29(13-28-17)24(19(31)15-9-5-2-6-10-15)23(33,18(30)14-7-3-1-4-8-14)20(32)16(42-24)11-41-46(37,38)44-47(39,40)43-45(34,35)36/h1-10,12-13,16,20,32-33H,11H2,(H,37,38)(H,39,40)(H2,25,26,27)(H2,34,35,36)/t16-,20-,23-,24-/m1/s1. The fraction of sp³-hybridized carbons (Fsp3) is 0.208. The molecule has 6 atom stereocenters. The summed E-state index contributed by atoms with van der Waals surface area (Å²) in [5.41, 5.74) is -1.19. The maximum Gasteiger partial charge on any atom is 0.490 e. The van der Waals surface area contributed by atoms with E-state index in [1.807, 2.05) is 0 Å². The number of aromatic nitrogens is 4. The number of hydrogen-bond donors (Lipinski definition) is 7. The van der Waals surface area contributed by atoms with Crippen LogP contribution < -0.4 is 5.73 Å². The Kier molecular flexibility index (Phi) is 9.21. The molecule has 5 rings (SSSR count). The molecule has 0 saturated carbocycles. The minimum atomic E-state index is -5.95. The van der Waals surface area contributed by atoms with Crippen LogP contribution in [0.3, 0.4) is 0 Å². The minimum Gasteiger partial charge on any atom is -0.387 e. The van der Waals surface area contributed by atoms with Crippen LogP contribution in [0.1, 0.15) is 20.7 Å². The number of aliphatic hydroxyl groups is 2. The van der Waals surface area contributed by atoms with E-state index in [1.54, 1.807) is 12.1 Å². The first-order valence-electron chi connectivity index (χ1n) is 12.9. The van der Waals surface area contributed by atoms with Crippen LogP contribution in [0.15, 0.2) is 73.3 Å². The normalized spacial score (nSPS) is 25.7. The van der Waals surface area contributed by atoms with Crippen LogP contribution in [0.25, 0.3) is 11.2 Å². The van der Waals surface area contributed by atoms with Crippen molar-refractivity contribution in [3.8, 4) is 0 Å².